The van der Waals surface area contributed by atoms with Crippen LogP contribution in [0, 0.1) is 0 Å². The molecule has 27 heavy (non-hydrogen) atoms. The van der Waals surface area contributed by atoms with Crippen molar-refractivity contribution in [1.82, 2.24) is 0 Å². The molecule has 1 aliphatic carbocycles. The number of nitrogens with zero attached hydrogens (tertiary/aromatic N) is 1. The summed E-state index contributed by atoms with van der Waals surface area (Å²) in [4.78, 5) is 4.40. The minimum atomic E-state index is -0.0416. The quantitative estimate of drug-likeness (QED) is 0.320. The summed E-state index contributed by atoms with van der Waals surface area (Å²) in [5.41, 5.74) is 10.8. The third-order valence-corrected chi connectivity index (χ3v) is 4.38. The summed E-state index contributed by atoms with van der Waals surface area (Å²) in [5.74, 6) is 1.58. The van der Waals surface area contributed by atoms with Crippen LogP contribution in [0.4, 0.5) is 5.69 Å². The first-order chi connectivity index (χ1) is 12.7. The van der Waals surface area contributed by atoms with Crippen LogP contribution in [0.5, 0.6) is 11.5 Å². The van der Waals surface area contributed by atoms with Gasteiger partial charge in [0.05, 0.1) is 20.3 Å². The predicted molar refractivity (Wildman–Crippen MR) is 118 cm³/mol. The number of nitrogens with one attached hydrogen (secondary N) is 1. The van der Waals surface area contributed by atoms with Gasteiger partial charge in [-0.25, -0.2) is 4.99 Å². The van der Waals surface area contributed by atoms with Gasteiger partial charge in [0.15, 0.2) is 17.5 Å². The minimum absolute atomic E-state index is 0. The number of fused-ring (bicyclic) bond motifs is 1. The molecule has 0 heterocycles. The van der Waals surface area contributed by atoms with E-state index in [-0.39, 0.29) is 37.2 Å². The maximum Gasteiger partial charge on any atom is 0.193 e. The van der Waals surface area contributed by atoms with Crippen molar-refractivity contribution in [3.63, 3.8) is 0 Å². The molecule has 6 nitrogen and oxygen atoms in total. The van der Waals surface area contributed by atoms with Crippen LogP contribution in [0.3, 0.4) is 0 Å². The molecule has 0 spiro atoms. The lowest BCUT2D eigenvalue weighted by molar-refractivity contribution is 0.196. The largest absolute Gasteiger partial charge is 0.493 e. The summed E-state index contributed by atoms with van der Waals surface area (Å²) in [6, 6.07) is 11.9. The molecule has 0 radical (unpaired) electrons. The first kappa shape index (κ1) is 21.3. The van der Waals surface area contributed by atoms with E-state index in [4.69, 9.17) is 20.3 Å². The number of nitrogens with two attached hydrogens (primary N) is 1. The van der Waals surface area contributed by atoms with E-state index in [1.807, 2.05) is 24.3 Å². The Labute approximate surface area is 176 Å². The van der Waals surface area contributed by atoms with E-state index in [0.29, 0.717) is 24.0 Å². The first-order valence-electron chi connectivity index (χ1n) is 8.79. The van der Waals surface area contributed by atoms with Crippen LogP contribution < -0.4 is 20.5 Å². The Morgan fingerprint density at radius 1 is 1.15 bits per heavy atom. The Hall–Kier alpha value is -2.00. The second-order valence-electron chi connectivity index (χ2n) is 6.22. The number of hydrogen-bond acceptors (Lipinski definition) is 4. The van der Waals surface area contributed by atoms with Crippen molar-refractivity contribution in [1.29, 1.82) is 0 Å². The number of aliphatic hydroxyl groups is 1. The molecule has 4 N–H and O–H groups in total. The molecule has 7 heteroatoms. The molecule has 0 aliphatic heterocycles. The molecule has 0 unspecified atom stereocenters. The maximum atomic E-state index is 8.86. The molecule has 3 rings (SSSR count). The molecular weight excluding hydrogens is 457 g/mol. The van der Waals surface area contributed by atoms with Crippen molar-refractivity contribution < 1.29 is 14.6 Å². The third-order valence-electron chi connectivity index (χ3n) is 4.38. The number of aliphatic imine (C=N–C) groups is 1. The number of rotatable bonds is 7. The van der Waals surface area contributed by atoms with E-state index in [9.17, 15) is 0 Å². The summed E-state index contributed by atoms with van der Waals surface area (Å²) in [6.07, 6.45) is 3.52. The van der Waals surface area contributed by atoms with Gasteiger partial charge in [0.25, 0.3) is 0 Å². The van der Waals surface area contributed by atoms with Gasteiger partial charge in [-0.3, -0.25) is 0 Å². The first-order valence-corrected chi connectivity index (χ1v) is 8.79. The Morgan fingerprint density at radius 3 is 2.74 bits per heavy atom. The summed E-state index contributed by atoms with van der Waals surface area (Å²) >= 11 is 0. The number of benzene rings is 2. The van der Waals surface area contributed by atoms with Gasteiger partial charge in [-0.2, -0.15) is 0 Å². The van der Waals surface area contributed by atoms with Crippen LogP contribution in [-0.2, 0) is 19.4 Å². The van der Waals surface area contributed by atoms with Gasteiger partial charge in [-0.15, -0.1) is 24.0 Å². The van der Waals surface area contributed by atoms with Crippen LogP contribution in [0.1, 0.15) is 23.1 Å². The Kier molecular flexibility index (Phi) is 8.18. The molecule has 2 aromatic rings. The fourth-order valence-corrected chi connectivity index (χ4v) is 3.10. The number of anilines is 1. The highest BCUT2D eigenvalue weighted by molar-refractivity contribution is 14.0. The zero-order valence-corrected chi connectivity index (χ0v) is 17.7. The number of halogens is 1. The Morgan fingerprint density at radius 2 is 1.96 bits per heavy atom. The van der Waals surface area contributed by atoms with Crippen LogP contribution >= 0.6 is 24.0 Å². The second-order valence-corrected chi connectivity index (χ2v) is 6.22. The monoisotopic (exact) mass is 483 g/mol. The zero-order chi connectivity index (χ0) is 18.4. The molecule has 146 valence electrons. The van der Waals surface area contributed by atoms with Gasteiger partial charge >= 0.3 is 0 Å². The maximum absolute atomic E-state index is 8.86. The number of guanidine groups is 1. The van der Waals surface area contributed by atoms with Crippen molar-refractivity contribution >= 4 is 35.6 Å². The lowest BCUT2D eigenvalue weighted by Crippen LogP contribution is -2.22. The van der Waals surface area contributed by atoms with Crippen LogP contribution in [0.25, 0.3) is 0 Å². The Bertz CT molecular complexity index is 796. The normalized spacial score (nSPS) is 12.9. The average Bonchev–Trinajstić information content (AvgIpc) is 3.12. The van der Waals surface area contributed by atoms with Gasteiger partial charge in [-0.05, 0) is 60.2 Å². The number of hydrogen-bond donors (Lipinski definition) is 3. The SMILES string of the molecule is COc1cc(CN=C(N)Nc2ccc3c(c2)CCC3)ccc1OCCO.I. The molecule has 0 saturated heterocycles. The van der Waals surface area contributed by atoms with E-state index >= 15 is 0 Å². The highest BCUT2D eigenvalue weighted by atomic mass is 127. The molecule has 0 atom stereocenters. The molecule has 2 aromatic carbocycles. The third kappa shape index (κ3) is 5.74. The predicted octanol–water partition coefficient (Wildman–Crippen LogP) is 3.10. The molecule has 0 aromatic heterocycles. The summed E-state index contributed by atoms with van der Waals surface area (Å²) < 4.78 is 10.8. The van der Waals surface area contributed by atoms with Crippen molar-refractivity contribution in [3.8, 4) is 11.5 Å². The molecule has 0 bridgehead atoms. The topological polar surface area (TPSA) is 89.1 Å². The molecule has 1 aliphatic rings. The zero-order valence-electron chi connectivity index (χ0n) is 15.4. The molecule has 0 saturated carbocycles. The number of methoxy groups -OCH3 is 1. The number of aliphatic hydroxyl groups excluding tert-OH is 1. The van der Waals surface area contributed by atoms with E-state index in [1.54, 1.807) is 7.11 Å². The van der Waals surface area contributed by atoms with E-state index in [1.165, 1.54) is 24.0 Å². The van der Waals surface area contributed by atoms with Gasteiger partial charge in [0.1, 0.15) is 6.61 Å². The highest BCUT2D eigenvalue weighted by Gasteiger charge is 2.11. The van der Waals surface area contributed by atoms with Gasteiger partial charge in [0.2, 0.25) is 0 Å². The minimum Gasteiger partial charge on any atom is -0.493 e. The van der Waals surface area contributed by atoms with Crippen LogP contribution in [-0.4, -0.2) is 31.4 Å². The molecule has 0 amide bonds. The van der Waals surface area contributed by atoms with Crippen molar-refractivity contribution in [2.24, 2.45) is 10.7 Å². The summed E-state index contributed by atoms with van der Waals surface area (Å²) in [6.45, 7) is 0.617. The lowest BCUT2D eigenvalue weighted by atomic mass is 10.1. The van der Waals surface area contributed by atoms with Gasteiger partial charge in [0, 0.05) is 5.69 Å². The average molecular weight is 483 g/mol. The van der Waals surface area contributed by atoms with E-state index in [0.717, 1.165) is 17.7 Å². The fraction of sp³-hybridized carbons (Fsp3) is 0.350. The number of aryl methyl sites for hydroxylation is 2. The van der Waals surface area contributed by atoms with Crippen molar-refractivity contribution in [2.45, 2.75) is 25.8 Å². The van der Waals surface area contributed by atoms with Gasteiger partial charge < -0.3 is 25.6 Å². The summed E-state index contributed by atoms with van der Waals surface area (Å²) in [7, 11) is 1.58. The lowest BCUT2D eigenvalue weighted by Gasteiger charge is -2.11. The second kappa shape index (κ2) is 10.4. The van der Waals surface area contributed by atoms with E-state index in [2.05, 4.69) is 22.4 Å². The van der Waals surface area contributed by atoms with Crippen LogP contribution in [0.15, 0.2) is 41.4 Å². The smallest absolute Gasteiger partial charge is 0.193 e. The molecular formula is C20H26IN3O3. The fourth-order valence-electron chi connectivity index (χ4n) is 3.10. The number of ether oxygens (including phenoxy) is 2. The highest BCUT2D eigenvalue weighted by Crippen LogP contribution is 2.28. The molecule has 0 fully saturated rings. The van der Waals surface area contributed by atoms with Crippen LogP contribution in [0.2, 0.25) is 0 Å². The van der Waals surface area contributed by atoms with E-state index < -0.39 is 0 Å². The van der Waals surface area contributed by atoms with Gasteiger partial charge in [-0.1, -0.05) is 12.1 Å². The Balaban J connectivity index is 0.00000261. The summed E-state index contributed by atoms with van der Waals surface area (Å²) in [5, 5.41) is 12.0. The van der Waals surface area contributed by atoms with Crippen molar-refractivity contribution in [2.75, 3.05) is 25.6 Å². The standard InChI is InChI=1S/C20H25N3O3.HI/c1-25-19-11-14(5-8-18(19)26-10-9-24)13-22-20(21)23-17-7-6-15-3-2-4-16(15)12-17;/h5-8,11-12,24H,2-4,9-10,13H2,1H3,(H3,21,22,23);1H. The van der Waals surface area contributed by atoms with Crippen molar-refractivity contribution in [3.05, 3.63) is 53.1 Å².